The van der Waals surface area contributed by atoms with E-state index in [9.17, 15) is 0 Å². The van der Waals surface area contributed by atoms with Crippen molar-refractivity contribution in [3.63, 3.8) is 0 Å². The molecule has 0 amide bonds. The zero-order valence-corrected chi connectivity index (χ0v) is 11.6. The maximum absolute atomic E-state index is 6.30. The van der Waals surface area contributed by atoms with Gasteiger partial charge in [0.25, 0.3) is 0 Å². The van der Waals surface area contributed by atoms with Crippen LogP contribution in [0.1, 0.15) is 23.0 Å². The quantitative estimate of drug-likeness (QED) is 0.921. The van der Waals surface area contributed by atoms with Gasteiger partial charge in [0.15, 0.2) is 0 Å². The van der Waals surface area contributed by atoms with Crippen LogP contribution in [0.4, 0.5) is 0 Å². The van der Waals surface area contributed by atoms with Crippen LogP contribution in [0, 0.1) is 6.92 Å². The third-order valence-electron chi connectivity index (χ3n) is 3.07. The van der Waals surface area contributed by atoms with Crippen molar-refractivity contribution in [1.29, 1.82) is 0 Å². The monoisotopic (exact) mass is 264 g/mol. The van der Waals surface area contributed by atoms with Gasteiger partial charge in [0.2, 0.25) is 0 Å². The van der Waals surface area contributed by atoms with E-state index in [-0.39, 0.29) is 6.04 Å². The molecule has 0 saturated heterocycles. The predicted molar refractivity (Wildman–Crippen MR) is 72.7 cm³/mol. The van der Waals surface area contributed by atoms with Crippen LogP contribution < -0.4 is 5.32 Å². The van der Waals surface area contributed by atoms with Crippen LogP contribution >= 0.6 is 11.6 Å². The number of benzene rings is 1. The van der Waals surface area contributed by atoms with Crippen molar-refractivity contribution in [2.24, 2.45) is 7.05 Å². The van der Waals surface area contributed by atoms with E-state index in [0.717, 1.165) is 28.4 Å². The Hall–Kier alpha value is -1.39. The van der Waals surface area contributed by atoms with Crippen LogP contribution in [0.25, 0.3) is 0 Å². The van der Waals surface area contributed by atoms with Crippen molar-refractivity contribution >= 4 is 11.6 Å². The molecule has 0 radical (unpaired) electrons. The molecule has 0 aliphatic heterocycles. The van der Waals surface area contributed by atoms with Gasteiger partial charge in [-0.05, 0) is 31.2 Å². The van der Waals surface area contributed by atoms with Crippen LogP contribution in [0.15, 0.2) is 24.5 Å². The van der Waals surface area contributed by atoms with Gasteiger partial charge in [0.1, 0.15) is 12.2 Å². The lowest BCUT2D eigenvalue weighted by Gasteiger charge is -2.17. The van der Waals surface area contributed by atoms with Crippen molar-refractivity contribution in [2.75, 3.05) is 7.05 Å². The number of hydrogen-bond donors (Lipinski definition) is 1. The number of nitrogens with zero attached hydrogens (tertiary/aromatic N) is 3. The molecule has 2 rings (SSSR count). The number of aromatic nitrogens is 3. The van der Waals surface area contributed by atoms with E-state index in [1.165, 1.54) is 0 Å². The average molecular weight is 265 g/mol. The van der Waals surface area contributed by atoms with Crippen molar-refractivity contribution < 1.29 is 0 Å². The number of rotatable bonds is 4. The summed E-state index contributed by atoms with van der Waals surface area (Å²) in [5, 5.41) is 8.15. The molecule has 2 aromatic rings. The van der Waals surface area contributed by atoms with Crippen molar-refractivity contribution in [1.82, 2.24) is 20.1 Å². The second-order valence-electron chi connectivity index (χ2n) is 4.37. The third kappa shape index (κ3) is 2.71. The van der Waals surface area contributed by atoms with Crippen LogP contribution in [0.3, 0.4) is 0 Å². The maximum Gasteiger partial charge on any atom is 0.138 e. The molecule has 1 unspecified atom stereocenters. The number of halogens is 1. The first-order chi connectivity index (χ1) is 8.61. The fraction of sp³-hybridized carbons (Fsp3) is 0.385. The van der Waals surface area contributed by atoms with Gasteiger partial charge in [0.05, 0.1) is 0 Å². The third-order valence-corrected chi connectivity index (χ3v) is 3.40. The molecule has 96 valence electrons. The Bertz CT molecular complexity index is 536. The summed E-state index contributed by atoms with van der Waals surface area (Å²) in [5.74, 6) is 0.936. The summed E-state index contributed by atoms with van der Waals surface area (Å²) in [5.41, 5.74) is 2.25. The van der Waals surface area contributed by atoms with E-state index < -0.39 is 0 Å². The van der Waals surface area contributed by atoms with Gasteiger partial charge in [-0.2, -0.15) is 5.10 Å². The highest BCUT2D eigenvalue weighted by Gasteiger charge is 2.16. The van der Waals surface area contributed by atoms with Crippen molar-refractivity contribution in [3.05, 3.63) is 46.5 Å². The summed E-state index contributed by atoms with van der Waals surface area (Å²) in [7, 11) is 3.82. The van der Waals surface area contributed by atoms with Gasteiger partial charge in [-0.1, -0.05) is 23.7 Å². The highest BCUT2D eigenvalue weighted by molar-refractivity contribution is 6.31. The molecule has 18 heavy (non-hydrogen) atoms. The molecule has 1 heterocycles. The minimum atomic E-state index is 0.140. The molecular weight excluding hydrogens is 248 g/mol. The fourth-order valence-electron chi connectivity index (χ4n) is 1.97. The molecule has 1 atom stereocenters. The number of hydrogen-bond acceptors (Lipinski definition) is 3. The lowest BCUT2D eigenvalue weighted by molar-refractivity contribution is 0.553. The zero-order chi connectivity index (χ0) is 13.1. The van der Waals surface area contributed by atoms with E-state index in [4.69, 9.17) is 11.6 Å². The molecule has 0 bridgehead atoms. The molecule has 1 N–H and O–H groups in total. The molecule has 1 aromatic carbocycles. The molecule has 1 aromatic heterocycles. The predicted octanol–water partition coefficient (Wildman–Crippen LogP) is 2.28. The van der Waals surface area contributed by atoms with Gasteiger partial charge in [-0.3, -0.25) is 4.68 Å². The Morgan fingerprint density at radius 3 is 2.78 bits per heavy atom. The van der Waals surface area contributed by atoms with Gasteiger partial charge in [-0.25, -0.2) is 4.98 Å². The highest BCUT2D eigenvalue weighted by atomic mass is 35.5. The van der Waals surface area contributed by atoms with E-state index in [0.29, 0.717) is 0 Å². The van der Waals surface area contributed by atoms with E-state index in [1.807, 2.05) is 27.1 Å². The van der Waals surface area contributed by atoms with Crippen molar-refractivity contribution in [2.45, 2.75) is 19.4 Å². The highest BCUT2D eigenvalue weighted by Crippen LogP contribution is 2.26. The van der Waals surface area contributed by atoms with Gasteiger partial charge in [0, 0.05) is 24.5 Å². The molecule has 5 heteroatoms. The van der Waals surface area contributed by atoms with Gasteiger partial charge >= 0.3 is 0 Å². The summed E-state index contributed by atoms with van der Waals surface area (Å²) in [4.78, 5) is 4.25. The van der Waals surface area contributed by atoms with E-state index in [1.54, 1.807) is 11.0 Å². The van der Waals surface area contributed by atoms with E-state index >= 15 is 0 Å². The summed E-state index contributed by atoms with van der Waals surface area (Å²) >= 11 is 6.30. The maximum atomic E-state index is 6.30. The molecule has 4 nitrogen and oxygen atoms in total. The van der Waals surface area contributed by atoms with Crippen LogP contribution in [0.2, 0.25) is 5.02 Å². The number of aryl methyl sites for hydroxylation is 2. The lowest BCUT2D eigenvalue weighted by Crippen LogP contribution is -2.21. The summed E-state index contributed by atoms with van der Waals surface area (Å²) < 4.78 is 1.78. The summed E-state index contributed by atoms with van der Waals surface area (Å²) in [6.07, 6.45) is 2.33. The first-order valence-corrected chi connectivity index (χ1v) is 6.25. The lowest BCUT2D eigenvalue weighted by atomic mass is 10.0. The molecule has 0 spiro atoms. The second kappa shape index (κ2) is 5.50. The first kappa shape index (κ1) is 13.1. The fourth-order valence-corrected chi connectivity index (χ4v) is 2.34. The Morgan fingerprint density at radius 2 is 2.22 bits per heavy atom. The minimum Gasteiger partial charge on any atom is -0.313 e. The molecule has 0 aliphatic rings. The molecule has 0 saturated carbocycles. The summed E-state index contributed by atoms with van der Waals surface area (Å²) in [6.45, 7) is 2.03. The average Bonchev–Trinajstić information content (AvgIpc) is 2.73. The SMILES string of the molecule is CNC(Cc1ncnn1C)c1ccc(C)cc1Cl. The topological polar surface area (TPSA) is 42.7 Å². The van der Waals surface area contributed by atoms with Gasteiger partial charge in [-0.15, -0.1) is 0 Å². The Labute approximate surface area is 112 Å². The normalized spacial score (nSPS) is 12.7. The molecular formula is C13H17ClN4. The van der Waals surface area contributed by atoms with Crippen LogP contribution in [-0.2, 0) is 13.5 Å². The number of nitrogens with one attached hydrogen (secondary N) is 1. The number of likely N-dealkylation sites (N-methyl/N-ethyl adjacent to an activating group) is 1. The Morgan fingerprint density at radius 1 is 1.44 bits per heavy atom. The standard InChI is InChI=1S/C13H17ClN4/c1-9-4-5-10(11(14)6-9)12(15-2)7-13-16-8-17-18(13)3/h4-6,8,12,15H,7H2,1-3H3. The second-order valence-corrected chi connectivity index (χ2v) is 4.78. The largest absolute Gasteiger partial charge is 0.313 e. The van der Waals surface area contributed by atoms with Gasteiger partial charge < -0.3 is 5.32 Å². The van der Waals surface area contributed by atoms with Crippen LogP contribution in [-0.4, -0.2) is 21.8 Å². The summed E-state index contributed by atoms with van der Waals surface area (Å²) in [6, 6.07) is 6.26. The Kier molecular flexibility index (Phi) is 3.99. The van der Waals surface area contributed by atoms with Crippen molar-refractivity contribution in [3.8, 4) is 0 Å². The minimum absolute atomic E-state index is 0.140. The Balaban J connectivity index is 2.26. The van der Waals surface area contributed by atoms with Crippen LogP contribution in [0.5, 0.6) is 0 Å². The molecule has 0 aliphatic carbocycles. The first-order valence-electron chi connectivity index (χ1n) is 5.88. The molecule has 0 fully saturated rings. The smallest absolute Gasteiger partial charge is 0.138 e. The zero-order valence-electron chi connectivity index (χ0n) is 10.8. The van der Waals surface area contributed by atoms with E-state index in [2.05, 4.69) is 27.5 Å².